The molecule has 0 aliphatic carbocycles. The minimum atomic E-state index is -0.0335. The summed E-state index contributed by atoms with van der Waals surface area (Å²) in [6.07, 6.45) is 1.08. The zero-order valence-electron chi connectivity index (χ0n) is 14.6. The van der Waals surface area contributed by atoms with Crippen molar-refractivity contribution in [2.75, 3.05) is 20.2 Å². The van der Waals surface area contributed by atoms with E-state index in [1.165, 1.54) is 0 Å². The third kappa shape index (κ3) is 6.83. The van der Waals surface area contributed by atoms with Crippen LogP contribution in [0.2, 0.25) is 0 Å². The Hall–Kier alpha value is -1.71. The van der Waals surface area contributed by atoms with Crippen LogP contribution in [0.15, 0.2) is 24.3 Å². The highest BCUT2D eigenvalue weighted by Gasteiger charge is 2.11. The minimum absolute atomic E-state index is 0.0335. The van der Waals surface area contributed by atoms with Crippen LogP contribution < -0.4 is 10.1 Å². The van der Waals surface area contributed by atoms with Gasteiger partial charge >= 0.3 is 6.03 Å². The SMILES string of the molecule is CCC(C)CN(C)C(=O)NCc1cccc(OCC(C)C)c1. The number of hydrogen-bond acceptors (Lipinski definition) is 2. The van der Waals surface area contributed by atoms with Gasteiger partial charge in [-0.05, 0) is 29.5 Å². The normalized spacial score (nSPS) is 12.1. The lowest BCUT2D eigenvalue weighted by Gasteiger charge is -2.21. The molecule has 0 aliphatic rings. The number of rotatable bonds is 8. The van der Waals surface area contributed by atoms with Gasteiger partial charge in [-0.2, -0.15) is 0 Å². The van der Waals surface area contributed by atoms with Crippen LogP contribution >= 0.6 is 0 Å². The van der Waals surface area contributed by atoms with E-state index in [0.717, 1.165) is 24.3 Å². The number of ether oxygens (including phenoxy) is 1. The van der Waals surface area contributed by atoms with E-state index < -0.39 is 0 Å². The maximum Gasteiger partial charge on any atom is 0.317 e. The van der Waals surface area contributed by atoms with Gasteiger partial charge in [0.2, 0.25) is 0 Å². The molecule has 0 spiro atoms. The van der Waals surface area contributed by atoms with E-state index in [2.05, 4.69) is 33.0 Å². The van der Waals surface area contributed by atoms with Gasteiger partial charge in [0.25, 0.3) is 0 Å². The molecule has 0 aromatic heterocycles. The number of nitrogens with one attached hydrogen (secondary N) is 1. The molecule has 4 heteroatoms. The first kappa shape index (κ1) is 18.3. The third-order valence-corrected chi connectivity index (χ3v) is 3.55. The van der Waals surface area contributed by atoms with E-state index in [0.29, 0.717) is 25.0 Å². The Morgan fingerprint density at radius 3 is 2.68 bits per heavy atom. The molecule has 1 aromatic rings. The Labute approximate surface area is 134 Å². The Kier molecular flexibility index (Phi) is 7.78. The number of benzene rings is 1. The van der Waals surface area contributed by atoms with Crippen molar-refractivity contribution in [1.82, 2.24) is 10.2 Å². The summed E-state index contributed by atoms with van der Waals surface area (Å²) in [5.41, 5.74) is 1.05. The summed E-state index contributed by atoms with van der Waals surface area (Å²) in [7, 11) is 1.84. The lowest BCUT2D eigenvalue weighted by atomic mass is 10.1. The van der Waals surface area contributed by atoms with Crippen molar-refractivity contribution < 1.29 is 9.53 Å². The summed E-state index contributed by atoms with van der Waals surface area (Å²) < 4.78 is 5.71. The van der Waals surface area contributed by atoms with Crippen LogP contribution in [0.4, 0.5) is 4.79 Å². The second-order valence-electron chi connectivity index (χ2n) is 6.40. The second kappa shape index (κ2) is 9.34. The Morgan fingerprint density at radius 2 is 2.05 bits per heavy atom. The van der Waals surface area contributed by atoms with Crippen LogP contribution in [0, 0.1) is 11.8 Å². The molecule has 0 saturated heterocycles. The van der Waals surface area contributed by atoms with Gasteiger partial charge in [0.1, 0.15) is 5.75 Å². The summed E-state index contributed by atoms with van der Waals surface area (Å²) in [5, 5.41) is 2.95. The van der Waals surface area contributed by atoms with Crippen molar-refractivity contribution in [3.8, 4) is 5.75 Å². The summed E-state index contributed by atoms with van der Waals surface area (Å²) in [5.74, 6) is 1.87. The molecule has 0 aliphatic heterocycles. The number of hydrogen-bond donors (Lipinski definition) is 1. The molecule has 1 N–H and O–H groups in total. The maximum atomic E-state index is 12.1. The quantitative estimate of drug-likeness (QED) is 0.791. The van der Waals surface area contributed by atoms with Crippen molar-refractivity contribution in [2.24, 2.45) is 11.8 Å². The average molecular weight is 306 g/mol. The molecule has 0 fully saturated rings. The van der Waals surface area contributed by atoms with Gasteiger partial charge in [0.15, 0.2) is 0 Å². The smallest absolute Gasteiger partial charge is 0.317 e. The molecule has 0 saturated carbocycles. The number of nitrogens with zero attached hydrogens (tertiary/aromatic N) is 1. The minimum Gasteiger partial charge on any atom is -0.493 e. The molecule has 1 rings (SSSR count). The van der Waals surface area contributed by atoms with Crippen LogP contribution in [0.25, 0.3) is 0 Å². The lowest BCUT2D eigenvalue weighted by molar-refractivity contribution is 0.201. The maximum absolute atomic E-state index is 12.1. The molecule has 1 aromatic carbocycles. The second-order valence-corrected chi connectivity index (χ2v) is 6.40. The van der Waals surface area contributed by atoms with E-state index in [9.17, 15) is 4.79 Å². The summed E-state index contributed by atoms with van der Waals surface area (Å²) >= 11 is 0. The standard InChI is InChI=1S/C18H30N2O2/c1-6-15(4)12-20(5)18(21)19-11-16-8-7-9-17(10-16)22-13-14(2)3/h7-10,14-15H,6,11-13H2,1-5H3,(H,19,21). The van der Waals surface area contributed by atoms with E-state index in [1.807, 2.05) is 31.3 Å². The van der Waals surface area contributed by atoms with Gasteiger partial charge in [0, 0.05) is 20.1 Å². The molecule has 1 atom stereocenters. The first-order valence-corrected chi connectivity index (χ1v) is 8.13. The Bertz CT molecular complexity index is 460. The highest BCUT2D eigenvalue weighted by Crippen LogP contribution is 2.14. The summed E-state index contributed by atoms with van der Waals surface area (Å²) in [6.45, 7) is 10.5. The Morgan fingerprint density at radius 1 is 1.32 bits per heavy atom. The van der Waals surface area contributed by atoms with Gasteiger partial charge in [-0.25, -0.2) is 4.79 Å². The Balaban J connectivity index is 2.46. The third-order valence-electron chi connectivity index (χ3n) is 3.55. The van der Waals surface area contributed by atoms with Crippen molar-refractivity contribution in [1.29, 1.82) is 0 Å². The van der Waals surface area contributed by atoms with Crippen LogP contribution in [-0.4, -0.2) is 31.1 Å². The predicted octanol–water partition coefficient (Wildman–Crippen LogP) is 3.91. The number of carbonyl (C=O) groups excluding carboxylic acids is 1. The topological polar surface area (TPSA) is 41.6 Å². The highest BCUT2D eigenvalue weighted by molar-refractivity contribution is 5.73. The van der Waals surface area contributed by atoms with Crippen LogP contribution in [0.1, 0.15) is 39.7 Å². The zero-order valence-corrected chi connectivity index (χ0v) is 14.6. The van der Waals surface area contributed by atoms with Crippen LogP contribution in [-0.2, 0) is 6.54 Å². The average Bonchev–Trinajstić information content (AvgIpc) is 2.50. The van der Waals surface area contributed by atoms with Gasteiger partial charge in [-0.3, -0.25) is 0 Å². The molecule has 2 amide bonds. The van der Waals surface area contributed by atoms with E-state index in [4.69, 9.17) is 4.74 Å². The van der Waals surface area contributed by atoms with Gasteiger partial charge in [-0.1, -0.05) is 46.2 Å². The molecule has 0 bridgehead atoms. The molecule has 22 heavy (non-hydrogen) atoms. The molecule has 0 heterocycles. The summed E-state index contributed by atoms with van der Waals surface area (Å²) in [6, 6.07) is 7.85. The first-order valence-electron chi connectivity index (χ1n) is 8.13. The monoisotopic (exact) mass is 306 g/mol. The highest BCUT2D eigenvalue weighted by atomic mass is 16.5. The largest absolute Gasteiger partial charge is 0.493 e. The number of carbonyl (C=O) groups is 1. The number of amides is 2. The zero-order chi connectivity index (χ0) is 16.5. The van der Waals surface area contributed by atoms with E-state index in [-0.39, 0.29) is 6.03 Å². The lowest BCUT2D eigenvalue weighted by Crippen LogP contribution is -2.39. The fraction of sp³-hybridized carbons (Fsp3) is 0.611. The predicted molar refractivity (Wildman–Crippen MR) is 91.1 cm³/mol. The molecular weight excluding hydrogens is 276 g/mol. The fourth-order valence-corrected chi connectivity index (χ4v) is 2.00. The summed E-state index contributed by atoms with van der Waals surface area (Å²) in [4.78, 5) is 13.8. The fourth-order valence-electron chi connectivity index (χ4n) is 2.00. The van der Waals surface area contributed by atoms with E-state index >= 15 is 0 Å². The van der Waals surface area contributed by atoms with Gasteiger partial charge < -0.3 is 15.0 Å². The van der Waals surface area contributed by atoms with Crippen molar-refractivity contribution >= 4 is 6.03 Å². The van der Waals surface area contributed by atoms with Crippen LogP contribution in [0.3, 0.4) is 0 Å². The van der Waals surface area contributed by atoms with E-state index in [1.54, 1.807) is 4.90 Å². The van der Waals surface area contributed by atoms with Gasteiger partial charge in [-0.15, -0.1) is 0 Å². The van der Waals surface area contributed by atoms with Crippen molar-refractivity contribution in [3.05, 3.63) is 29.8 Å². The molecule has 0 radical (unpaired) electrons. The van der Waals surface area contributed by atoms with Gasteiger partial charge in [0.05, 0.1) is 6.61 Å². The van der Waals surface area contributed by atoms with Crippen molar-refractivity contribution in [3.63, 3.8) is 0 Å². The molecule has 124 valence electrons. The molecule has 4 nitrogen and oxygen atoms in total. The number of urea groups is 1. The van der Waals surface area contributed by atoms with Crippen LogP contribution in [0.5, 0.6) is 5.75 Å². The first-order chi connectivity index (χ1) is 10.4. The molecular formula is C18H30N2O2. The van der Waals surface area contributed by atoms with Crippen molar-refractivity contribution in [2.45, 2.75) is 40.7 Å². The molecule has 1 unspecified atom stereocenters.